The molecule has 1 aromatic carbocycles. The van der Waals surface area contributed by atoms with Gasteiger partial charge in [-0.2, -0.15) is 13.9 Å². The molecule has 24 heavy (non-hydrogen) atoms. The zero-order chi connectivity index (χ0) is 17.7. The van der Waals surface area contributed by atoms with E-state index in [9.17, 15) is 8.78 Å². The second kappa shape index (κ2) is 8.17. The molecule has 0 unspecified atom stereocenters. The minimum Gasteiger partial charge on any atom is -0.493 e. The molecular formula is C17H24F2N2O3. The summed E-state index contributed by atoms with van der Waals surface area (Å²) in [5.74, 6) is 0.235. The standard InChI is InChI=1S/C17H24F2N2O3/c1-11-6-5-7-12(2)21(11)20-10-13-8-14(22-3)16(24-17(18)19)15(9-13)23-4/h8-12,17H,5-7H2,1-4H3/b20-10-/t11-,12-/m1/s1. The third kappa shape index (κ3) is 4.27. The van der Waals surface area contributed by atoms with Gasteiger partial charge in [-0.05, 0) is 45.2 Å². The molecule has 0 bridgehead atoms. The van der Waals surface area contributed by atoms with Gasteiger partial charge in [0.05, 0.1) is 20.4 Å². The van der Waals surface area contributed by atoms with Gasteiger partial charge in [0.15, 0.2) is 11.5 Å². The molecule has 0 N–H and O–H groups in total. The Morgan fingerprint density at radius 3 is 2.12 bits per heavy atom. The first-order valence-electron chi connectivity index (χ1n) is 7.99. The summed E-state index contributed by atoms with van der Waals surface area (Å²) in [5, 5.41) is 6.64. The van der Waals surface area contributed by atoms with E-state index in [-0.39, 0.29) is 17.2 Å². The smallest absolute Gasteiger partial charge is 0.387 e. The largest absolute Gasteiger partial charge is 0.493 e. The molecule has 2 atom stereocenters. The summed E-state index contributed by atoms with van der Waals surface area (Å²) in [6.45, 7) is 1.34. The quantitative estimate of drug-likeness (QED) is 0.736. The topological polar surface area (TPSA) is 43.3 Å². The highest BCUT2D eigenvalue weighted by Gasteiger charge is 2.23. The molecule has 0 amide bonds. The number of ether oxygens (including phenoxy) is 3. The van der Waals surface area contributed by atoms with E-state index >= 15 is 0 Å². The SMILES string of the molecule is COc1cc(/C=N\N2[C@H](C)CCC[C@H]2C)cc(OC)c1OC(F)F. The van der Waals surface area contributed by atoms with Crippen LogP contribution in [0.1, 0.15) is 38.7 Å². The molecule has 0 radical (unpaired) electrons. The van der Waals surface area contributed by atoms with Gasteiger partial charge in [-0.3, -0.25) is 5.01 Å². The van der Waals surface area contributed by atoms with Crippen LogP contribution < -0.4 is 14.2 Å². The van der Waals surface area contributed by atoms with Gasteiger partial charge in [0.2, 0.25) is 5.75 Å². The highest BCUT2D eigenvalue weighted by molar-refractivity contribution is 5.82. The van der Waals surface area contributed by atoms with Gasteiger partial charge in [-0.25, -0.2) is 0 Å². The molecule has 1 aromatic rings. The predicted molar refractivity (Wildman–Crippen MR) is 88.4 cm³/mol. The van der Waals surface area contributed by atoms with E-state index in [1.54, 1.807) is 18.3 Å². The van der Waals surface area contributed by atoms with E-state index in [2.05, 4.69) is 28.7 Å². The van der Waals surface area contributed by atoms with Crippen LogP contribution in [0.25, 0.3) is 0 Å². The first-order valence-corrected chi connectivity index (χ1v) is 7.99. The monoisotopic (exact) mass is 342 g/mol. The average Bonchev–Trinajstić information content (AvgIpc) is 2.54. The highest BCUT2D eigenvalue weighted by atomic mass is 19.3. The number of piperidine rings is 1. The van der Waals surface area contributed by atoms with Crippen LogP contribution in [0, 0.1) is 0 Å². The minimum absolute atomic E-state index is 0.119. The Kier molecular flexibility index (Phi) is 6.23. The molecule has 1 saturated heterocycles. The molecular weight excluding hydrogens is 318 g/mol. The highest BCUT2D eigenvalue weighted by Crippen LogP contribution is 2.39. The lowest BCUT2D eigenvalue weighted by Crippen LogP contribution is -2.39. The summed E-state index contributed by atoms with van der Waals surface area (Å²) in [6.07, 6.45) is 5.11. The first-order chi connectivity index (χ1) is 11.5. The molecule has 1 fully saturated rings. The number of benzene rings is 1. The Bertz CT molecular complexity index is 546. The number of halogens is 2. The summed E-state index contributed by atoms with van der Waals surface area (Å²) in [6, 6.07) is 3.94. The van der Waals surface area contributed by atoms with E-state index in [4.69, 9.17) is 9.47 Å². The molecule has 5 nitrogen and oxygen atoms in total. The Morgan fingerprint density at radius 2 is 1.67 bits per heavy atom. The van der Waals surface area contributed by atoms with Crippen LogP contribution in [0.4, 0.5) is 8.78 Å². The van der Waals surface area contributed by atoms with E-state index in [1.165, 1.54) is 20.6 Å². The zero-order valence-corrected chi connectivity index (χ0v) is 14.5. The Labute approximate surface area is 141 Å². The van der Waals surface area contributed by atoms with E-state index < -0.39 is 6.61 Å². The van der Waals surface area contributed by atoms with Crippen LogP contribution in [0.3, 0.4) is 0 Å². The number of methoxy groups -OCH3 is 2. The lowest BCUT2D eigenvalue weighted by Gasteiger charge is -2.36. The first kappa shape index (κ1) is 18.3. The van der Waals surface area contributed by atoms with Crippen molar-refractivity contribution in [2.75, 3.05) is 14.2 Å². The van der Waals surface area contributed by atoms with Crippen molar-refractivity contribution in [3.05, 3.63) is 17.7 Å². The van der Waals surface area contributed by atoms with Crippen LogP contribution in [0.2, 0.25) is 0 Å². The van der Waals surface area contributed by atoms with Crippen LogP contribution in [-0.2, 0) is 0 Å². The summed E-state index contributed by atoms with van der Waals surface area (Å²) in [5.41, 5.74) is 0.690. The van der Waals surface area contributed by atoms with E-state index in [0.717, 1.165) is 12.8 Å². The molecule has 1 aliphatic heterocycles. The summed E-state index contributed by atoms with van der Waals surface area (Å²) < 4.78 is 39.9. The van der Waals surface area contributed by atoms with Crippen molar-refractivity contribution in [3.8, 4) is 17.2 Å². The predicted octanol–water partition coefficient (Wildman–Crippen LogP) is 3.90. The Morgan fingerprint density at radius 1 is 1.12 bits per heavy atom. The van der Waals surface area contributed by atoms with Crippen LogP contribution in [0.15, 0.2) is 17.2 Å². The number of hydrogen-bond donors (Lipinski definition) is 0. The van der Waals surface area contributed by atoms with Gasteiger partial charge < -0.3 is 14.2 Å². The molecule has 0 aliphatic carbocycles. The number of rotatable bonds is 6. The molecule has 1 heterocycles. The van der Waals surface area contributed by atoms with Crippen molar-refractivity contribution in [1.29, 1.82) is 0 Å². The van der Waals surface area contributed by atoms with Crippen LogP contribution in [0.5, 0.6) is 17.2 Å². The number of alkyl halides is 2. The second-order valence-electron chi connectivity index (χ2n) is 5.89. The third-order valence-corrected chi connectivity index (χ3v) is 4.18. The molecule has 0 saturated carbocycles. The minimum atomic E-state index is -2.96. The molecule has 0 aromatic heterocycles. The molecule has 134 valence electrons. The fourth-order valence-corrected chi connectivity index (χ4v) is 2.95. The van der Waals surface area contributed by atoms with Gasteiger partial charge >= 0.3 is 6.61 Å². The van der Waals surface area contributed by atoms with Crippen molar-refractivity contribution in [1.82, 2.24) is 5.01 Å². The third-order valence-electron chi connectivity index (χ3n) is 4.18. The maximum absolute atomic E-state index is 12.6. The number of hydrazone groups is 1. The molecule has 2 rings (SSSR count). The molecule has 1 aliphatic rings. The normalized spacial score (nSPS) is 21.4. The summed E-state index contributed by atoms with van der Waals surface area (Å²) in [7, 11) is 2.78. The van der Waals surface area contributed by atoms with Crippen molar-refractivity contribution in [2.45, 2.75) is 51.8 Å². The van der Waals surface area contributed by atoms with E-state index in [1.807, 2.05) is 0 Å². The van der Waals surface area contributed by atoms with E-state index in [0.29, 0.717) is 17.6 Å². The fraction of sp³-hybridized carbons (Fsp3) is 0.588. The maximum atomic E-state index is 12.6. The average molecular weight is 342 g/mol. The van der Waals surface area contributed by atoms with Crippen molar-refractivity contribution >= 4 is 6.21 Å². The van der Waals surface area contributed by atoms with Gasteiger partial charge in [0.25, 0.3) is 0 Å². The Hall–Kier alpha value is -2.05. The lowest BCUT2D eigenvalue weighted by molar-refractivity contribution is -0.0526. The van der Waals surface area contributed by atoms with Crippen LogP contribution in [-0.4, -0.2) is 44.1 Å². The van der Waals surface area contributed by atoms with Crippen molar-refractivity contribution in [2.24, 2.45) is 5.10 Å². The maximum Gasteiger partial charge on any atom is 0.387 e. The molecule has 7 heteroatoms. The fourth-order valence-electron chi connectivity index (χ4n) is 2.95. The Balaban J connectivity index is 2.28. The number of nitrogens with zero attached hydrogens (tertiary/aromatic N) is 2. The van der Waals surface area contributed by atoms with Gasteiger partial charge in [0.1, 0.15) is 0 Å². The van der Waals surface area contributed by atoms with Gasteiger partial charge in [0, 0.05) is 17.6 Å². The van der Waals surface area contributed by atoms with Gasteiger partial charge in [-0.1, -0.05) is 0 Å². The van der Waals surface area contributed by atoms with Crippen molar-refractivity contribution in [3.63, 3.8) is 0 Å². The summed E-state index contributed by atoms with van der Waals surface area (Å²) >= 11 is 0. The summed E-state index contributed by atoms with van der Waals surface area (Å²) in [4.78, 5) is 0. The van der Waals surface area contributed by atoms with Crippen LogP contribution >= 0.6 is 0 Å². The number of hydrogen-bond acceptors (Lipinski definition) is 5. The zero-order valence-electron chi connectivity index (χ0n) is 14.5. The van der Waals surface area contributed by atoms with Gasteiger partial charge in [-0.15, -0.1) is 0 Å². The van der Waals surface area contributed by atoms with Crippen molar-refractivity contribution < 1.29 is 23.0 Å². The molecule has 0 spiro atoms. The lowest BCUT2D eigenvalue weighted by atomic mass is 10.00. The second-order valence-corrected chi connectivity index (χ2v) is 5.89.